The zero-order chi connectivity index (χ0) is 17.0. The van der Waals surface area contributed by atoms with Gasteiger partial charge < -0.3 is 14.2 Å². The average Bonchev–Trinajstić information content (AvgIpc) is 3.27. The second-order valence-corrected chi connectivity index (χ2v) is 6.89. The second-order valence-electron chi connectivity index (χ2n) is 6.89. The Balaban J connectivity index is 2.13. The number of carbonyl (C=O) groups is 1. The minimum Gasteiger partial charge on any atom is -0.426 e. The first-order chi connectivity index (χ1) is 10.9. The number of benzene rings is 1. The van der Waals surface area contributed by atoms with Gasteiger partial charge in [-0.05, 0) is 24.5 Å². The smallest absolute Gasteiger partial charge is 0.313 e. The van der Waals surface area contributed by atoms with Crippen molar-refractivity contribution in [2.45, 2.75) is 46.6 Å². The van der Waals surface area contributed by atoms with Gasteiger partial charge in [-0.1, -0.05) is 46.2 Å². The van der Waals surface area contributed by atoms with Gasteiger partial charge >= 0.3 is 5.97 Å². The standard InChI is InChI=1S/C19H28O4/c1-6-14(4)10-21-11-19(12-22-19)16-8-7-15(5)9-17(16)23-18(20)13(2)3/h7-9,13-14H,6,10-12H2,1-5H3/t14-,19-/m0/s1. The fourth-order valence-corrected chi connectivity index (χ4v) is 2.26. The van der Waals surface area contributed by atoms with Gasteiger partial charge in [-0.25, -0.2) is 0 Å². The predicted molar refractivity (Wildman–Crippen MR) is 89.6 cm³/mol. The molecule has 1 aliphatic rings. The Kier molecular flexibility index (Phi) is 5.82. The molecule has 1 aromatic carbocycles. The SMILES string of the molecule is CC[C@H](C)COC[C@@]1(c2ccc(C)cc2OC(=O)C(C)C)CO1. The maximum atomic E-state index is 12.0. The summed E-state index contributed by atoms with van der Waals surface area (Å²) in [7, 11) is 0. The van der Waals surface area contributed by atoms with Crippen LogP contribution in [-0.4, -0.2) is 25.8 Å². The third-order valence-electron chi connectivity index (χ3n) is 4.24. The third kappa shape index (κ3) is 4.55. The van der Waals surface area contributed by atoms with Crippen molar-refractivity contribution in [3.63, 3.8) is 0 Å². The van der Waals surface area contributed by atoms with E-state index in [1.165, 1.54) is 0 Å². The van der Waals surface area contributed by atoms with E-state index < -0.39 is 5.60 Å². The van der Waals surface area contributed by atoms with Gasteiger partial charge in [0.25, 0.3) is 0 Å². The van der Waals surface area contributed by atoms with Gasteiger partial charge in [0.15, 0.2) is 0 Å². The highest BCUT2D eigenvalue weighted by Gasteiger charge is 2.49. The van der Waals surface area contributed by atoms with Gasteiger partial charge in [-0.3, -0.25) is 4.79 Å². The Morgan fingerprint density at radius 1 is 1.35 bits per heavy atom. The summed E-state index contributed by atoms with van der Waals surface area (Å²) in [6, 6.07) is 5.89. The number of esters is 1. The quantitative estimate of drug-likeness (QED) is 0.415. The Bertz CT molecular complexity index is 546. The normalized spacial score (nSPS) is 21.3. The highest BCUT2D eigenvalue weighted by Crippen LogP contribution is 2.44. The van der Waals surface area contributed by atoms with E-state index in [4.69, 9.17) is 14.2 Å². The topological polar surface area (TPSA) is 48.1 Å². The molecule has 4 nitrogen and oxygen atoms in total. The number of rotatable bonds is 8. The van der Waals surface area contributed by atoms with Gasteiger partial charge in [0, 0.05) is 12.2 Å². The second kappa shape index (κ2) is 7.45. The lowest BCUT2D eigenvalue weighted by molar-refractivity contribution is -0.137. The molecule has 0 unspecified atom stereocenters. The van der Waals surface area contributed by atoms with E-state index in [2.05, 4.69) is 13.8 Å². The number of hydrogen-bond donors (Lipinski definition) is 0. The summed E-state index contributed by atoms with van der Waals surface area (Å²) in [6.45, 7) is 11.8. The van der Waals surface area contributed by atoms with E-state index in [1.54, 1.807) is 0 Å². The van der Waals surface area contributed by atoms with E-state index in [1.807, 2.05) is 39.0 Å². The molecule has 128 valence electrons. The Morgan fingerprint density at radius 2 is 2.04 bits per heavy atom. The maximum Gasteiger partial charge on any atom is 0.313 e. The van der Waals surface area contributed by atoms with Crippen molar-refractivity contribution in [1.82, 2.24) is 0 Å². The number of carbonyl (C=O) groups excluding carboxylic acids is 1. The minimum absolute atomic E-state index is 0.166. The zero-order valence-corrected chi connectivity index (χ0v) is 14.8. The average molecular weight is 320 g/mol. The molecule has 1 heterocycles. The molecule has 0 aliphatic carbocycles. The first kappa shape index (κ1) is 18.0. The van der Waals surface area contributed by atoms with Gasteiger partial charge in [-0.15, -0.1) is 0 Å². The van der Waals surface area contributed by atoms with Crippen LogP contribution in [-0.2, 0) is 19.9 Å². The number of hydrogen-bond acceptors (Lipinski definition) is 4. The molecule has 0 bridgehead atoms. The van der Waals surface area contributed by atoms with Crippen LogP contribution in [0.15, 0.2) is 18.2 Å². The summed E-state index contributed by atoms with van der Waals surface area (Å²) in [5.41, 5.74) is 1.49. The molecule has 1 aromatic rings. The number of epoxide rings is 1. The molecular weight excluding hydrogens is 292 g/mol. The molecule has 0 radical (unpaired) electrons. The monoisotopic (exact) mass is 320 g/mol. The highest BCUT2D eigenvalue weighted by atomic mass is 16.6. The first-order valence-corrected chi connectivity index (χ1v) is 8.42. The van der Waals surface area contributed by atoms with E-state index in [0.717, 1.165) is 17.5 Å². The molecule has 4 heteroatoms. The van der Waals surface area contributed by atoms with Crippen LogP contribution in [0.1, 0.15) is 45.2 Å². The van der Waals surface area contributed by atoms with E-state index in [-0.39, 0.29) is 11.9 Å². The van der Waals surface area contributed by atoms with Crippen molar-refractivity contribution in [3.8, 4) is 5.75 Å². The van der Waals surface area contributed by atoms with Crippen molar-refractivity contribution in [1.29, 1.82) is 0 Å². The van der Waals surface area contributed by atoms with Crippen molar-refractivity contribution in [2.75, 3.05) is 19.8 Å². The van der Waals surface area contributed by atoms with Crippen molar-refractivity contribution >= 4 is 5.97 Å². The lowest BCUT2D eigenvalue weighted by Crippen LogP contribution is -2.22. The lowest BCUT2D eigenvalue weighted by atomic mass is 9.98. The molecule has 1 saturated heterocycles. The molecule has 1 fully saturated rings. The fraction of sp³-hybridized carbons (Fsp3) is 0.632. The summed E-state index contributed by atoms with van der Waals surface area (Å²) in [4.78, 5) is 12.0. The van der Waals surface area contributed by atoms with Gasteiger partial charge in [0.1, 0.15) is 11.4 Å². The van der Waals surface area contributed by atoms with Crippen LogP contribution in [0, 0.1) is 18.8 Å². The summed E-state index contributed by atoms with van der Waals surface area (Å²) in [5.74, 6) is 0.727. The molecule has 2 rings (SSSR count). The van der Waals surface area contributed by atoms with Crippen LogP contribution in [0.25, 0.3) is 0 Å². The van der Waals surface area contributed by atoms with Crippen molar-refractivity contribution < 1.29 is 19.0 Å². The van der Waals surface area contributed by atoms with Crippen LogP contribution in [0.4, 0.5) is 0 Å². The summed E-state index contributed by atoms with van der Waals surface area (Å²) in [6.07, 6.45) is 1.09. The summed E-state index contributed by atoms with van der Waals surface area (Å²) >= 11 is 0. The van der Waals surface area contributed by atoms with Gasteiger partial charge in [0.05, 0.1) is 19.1 Å². The largest absolute Gasteiger partial charge is 0.426 e. The predicted octanol–water partition coefficient (Wildman–Crippen LogP) is 3.84. The lowest BCUT2D eigenvalue weighted by Gasteiger charge is -2.19. The van der Waals surface area contributed by atoms with Crippen LogP contribution in [0.3, 0.4) is 0 Å². The summed E-state index contributed by atoms with van der Waals surface area (Å²) in [5, 5.41) is 0. The van der Waals surface area contributed by atoms with E-state index in [9.17, 15) is 4.79 Å². The molecule has 0 saturated carbocycles. The molecule has 0 amide bonds. The molecule has 0 spiro atoms. The molecule has 0 N–H and O–H groups in total. The first-order valence-electron chi connectivity index (χ1n) is 8.42. The van der Waals surface area contributed by atoms with E-state index in [0.29, 0.717) is 31.5 Å². The van der Waals surface area contributed by atoms with Crippen LogP contribution >= 0.6 is 0 Å². The minimum atomic E-state index is -0.465. The number of ether oxygens (including phenoxy) is 3. The zero-order valence-electron chi connectivity index (χ0n) is 14.8. The van der Waals surface area contributed by atoms with Crippen LogP contribution in [0.2, 0.25) is 0 Å². The van der Waals surface area contributed by atoms with Crippen LogP contribution in [0.5, 0.6) is 5.75 Å². The molecular formula is C19H28O4. The van der Waals surface area contributed by atoms with E-state index >= 15 is 0 Å². The summed E-state index contributed by atoms with van der Waals surface area (Å²) < 4.78 is 17.1. The Morgan fingerprint density at radius 3 is 2.61 bits per heavy atom. The third-order valence-corrected chi connectivity index (χ3v) is 4.24. The molecule has 1 aliphatic heterocycles. The van der Waals surface area contributed by atoms with Crippen molar-refractivity contribution in [3.05, 3.63) is 29.3 Å². The Hall–Kier alpha value is -1.39. The molecule has 23 heavy (non-hydrogen) atoms. The molecule has 2 atom stereocenters. The fourth-order valence-electron chi connectivity index (χ4n) is 2.26. The van der Waals surface area contributed by atoms with Gasteiger partial charge in [-0.2, -0.15) is 0 Å². The Labute approximate surface area is 139 Å². The van der Waals surface area contributed by atoms with Crippen molar-refractivity contribution in [2.24, 2.45) is 11.8 Å². The van der Waals surface area contributed by atoms with Gasteiger partial charge in [0.2, 0.25) is 0 Å². The maximum absolute atomic E-state index is 12.0. The van der Waals surface area contributed by atoms with Crippen LogP contribution < -0.4 is 4.74 Å². The molecule has 0 aromatic heterocycles. The number of aryl methyl sites for hydroxylation is 1. The highest BCUT2D eigenvalue weighted by molar-refractivity contribution is 5.75.